The minimum atomic E-state index is -3.37. The van der Waals surface area contributed by atoms with Crippen molar-refractivity contribution < 1.29 is 20.1 Å². The average Bonchev–Trinajstić information content (AvgIpc) is 3.38. The van der Waals surface area contributed by atoms with Crippen LogP contribution in [0.1, 0.15) is 37.8 Å². The molecule has 0 saturated heterocycles. The van der Waals surface area contributed by atoms with Crippen LogP contribution >= 0.6 is 23.2 Å². The second-order valence-corrected chi connectivity index (χ2v) is 11.0. The molecule has 2 atom stereocenters. The molecule has 15 heteroatoms. The SMILES string of the molecule is CC1CCCC(n2cnc(-c3cc(Cl)ccc3N/C=C(\N)Cl)cc2=O)c2ccnc(c2)-c2c(cnn2C(O)(O)O)NC1=O. The van der Waals surface area contributed by atoms with E-state index < -0.39 is 18.1 Å². The highest BCUT2D eigenvalue weighted by Gasteiger charge is 2.31. The number of amides is 1. The fourth-order valence-electron chi connectivity index (χ4n) is 4.96. The van der Waals surface area contributed by atoms with E-state index in [0.717, 1.165) is 0 Å². The Bertz CT molecular complexity index is 1760. The number of nitrogens with one attached hydrogen (secondary N) is 2. The zero-order valence-corrected chi connectivity index (χ0v) is 24.3. The summed E-state index contributed by atoms with van der Waals surface area (Å²) in [5.74, 6) is -0.750. The van der Waals surface area contributed by atoms with Crippen LogP contribution in [0.25, 0.3) is 22.6 Å². The van der Waals surface area contributed by atoms with Crippen LogP contribution in [0.3, 0.4) is 0 Å². The number of carbonyl (C=O) groups excluding carboxylic acids is 1. The number of pyridine rings is 1. The molecule has 2 unspecified atom stereocenters. The van der Waals surface area contributed by atoms with Crippen LogP contribution in [0.4, 0.5) is 11.4 Å². The molecule has 1 aliphatic rings. The summed E-state index contributed by atoms with van der Waals surface area (Å²) in [6, 6.07) is 9.28. The number of benzene rings is 1. The van der Waals surface area contributed by atoms with E-state index in [-0.39, 0.29) is 33.7 Å². The molecule has 0 fully saturated rings. The van der Waals surface area contributed by atoms with E-state index in [1.54, 1.807) is 37.3 Å². The molecule has 224 valence electrons. The second-order valence-electron chi connectivity index (χ2n) is 10.1. The number of fused-ring (bicyclic) bond motifs is 4. The summed E-state index contributed by atoms with van der Waals surface area (Å²) in [5, 5.41) is 39.9. The molecule has 3 aromatic heterocycles. The average molecular weight is 627 g/mol. The Morgan fingerprint density at radius 3 is 2.65 bits per heavy atom. The van der Waals surface area contributed by atoms with Crippen molar-refractivity contribution in [2.24, 2.45) is 11.7 Å². The number of aliphatic hydroxyl groups is 3. The van der Waals surface area contributed by atoms with E-state index in [2.05, 4.69) is 25.7 Å². The molecule has 0 saturated carbocycles. The fourth-order valence-corrected chi connectivity index (χ4v) is 5.19. The van der Waals surface area contributed by atoms with Gasteiger partial charge >= 0.3 is 6.10 Å². The zero-order valence-electron chi connectivity index (χ0n) is 22.8. The molecule has 7 N–H and O–H groups in total. The number of carbonyl (C=O) groups is 1. The van der Waals surface area contributed by atoms with Crippen molar-refractivity contribution in [1.29, 1.82) is 0 Å². The first-order valence-corrected chi connectivity index (χ1v) is 14.0. The number of hydrogen-bond acceptors (Lipinski definition) is 10. The van der Waals surface area contributed by atoms with Gasteiger partial charge in [0.25, 0.3) is 5.56 Å². The maximum Gasteiger partial charge on any atom is 0.389 e. The van der Waals surface area contributed by atoms with Crippen molar-refractivity contribution in [1.82, 2.24) is 24.3 Å². The number of rotatable bonds is 5. The highest BCUT2D eigenvalue weighted by Crippen LogP contribution is 2.34. The van der Waals surface area contributed by atoms with Gasteiger partial charge in [0.1, 0.15) is 10.9 Å². The Balaban J connectivity index is 1.61. The number of anilines is 2. The van der Waals surface area contributed by atoms with Gasteiger partial charge in [0, 0.05) is 40.7 Å². The van der Waals surface area contributed by atoms with Crippen LogP contribution in [-0.2, 0) is 10.9 Å². The molecule has 13 nitrogen and oxygen atoms in total. The van der Waals surface area contributed by atoms with E-state index >= 15 is 0 Å². The van der Waals surface area contributed by atoms with Crippen molar-refractivity contribution in [2.75, 3.05) is 10.6 Å². The van der Waals surface area contributed by atoms with Gasteiger partial charge in [0.2, 0.25) is 5.91 Å². The second kappa shape index (κ2) is 12.1. The van der Waals surface area contributed by atoms with Gasteiger partial charge in [-0.05, 0) is 48.7 Å². The van der Waals surface area contributed by atoms with Crippen molar-refractivity contribution in [2.45, 2.75) is 38.3 Å². The molecule has 1 amide bonds. The normalized spacial score (nSPS) is 17.8. The zero-order chi connectivity index (χ0) is 30.9. The smallest absolute Gasteiger partial charge is 0.388 e. The highest BCUT2D eigenvalue weighted by atomic mass is 35.5. The Hall–Kier alpha value is -4.27. The predicted octanol–water partition coefficient (Wildman–Crippen LogP) is 3.12. The van der Waals surface area contributed by atoms with Crippen LogP contribution in [0, 0.1) is 5.92 Å². The van der Waals surface area contributed by atoms with Crippen LogP contribution in [0.15, 0.2) is 71.3 Å². The number of nitrogens with zero attached hydrogens (tertiary/aromatic N) is 5. The lowest BCUT2D eigenvalue weighted by molar-refractivity contribution is -0.380. The summed E-state index contributed by atoms with van der Waals surface area (Å²) >= 11 is 12.0. The lowest BCUT2D eigenvalue weighted by Crippen LogP contribution is -2.34. The summed E-state index contributed by atoms with van der Waals surface area (Å²) in [6.45, 7) is 1.76. The maximum absolute atomic E-state index is 13.6. The standard InChI is InChI=1S/C28H28Cl2N8O5/c1-15-3-2-4-23(16-7-8-32-21(9-16)26-22(36-27(15)40)12-35-38(26)28(41,42)43)37-14-34-20(11-25(37)39)18-10-17(29)5-6-19(18)33-13-24(30)31/h5-15,23,33,41-43H,2-4,31H2,1H3,(H,36,40)/b24-13-. The van der Waals surface area contributed by atoms with Crippen molar-refractivity contribution >= 4 is 40.5 Å². The Labute approximate surface area is 255 Å². The molecule has 0 spiro atoms. The van der Waals surface area contributed by atoms with E-state index in [4.69, 9.17) is 28.9 Å². The first-order valence-electron chi connectivity index (χ1n) is 13.2. The summed E-state index contributed by atoms with van der Waals surface area (Å²) in [7, 11) is 0. The lowest BCUT2D eigenvalue weighted by atomic mass is 9.95. The van der Waals surface area contributed by atoms with Crippen molar-refractivity contribution in [3.8, 4) is 22.6 Å². The van der Waals surface area contributed by atoms with Gasteiger partial charge in [-0.2, -0.15) is 9.78 Å². The minimum Gasteiger partial charge on any atom is -0.388 e. The largest absolute Gasteiger partial charge is 0.389 e. The van der Waals surface area contributed by atoms with Crippen LogP contribution < -0.4 is 21.9 Å². The fraction of sp³-hybridized carbons (Fsp3) is 0.250. The van der Waals surface area contributed by atoms with Gasteiger partial charge < -0.3 is 31.7 Å². The van der Waals surface area contributed by atoms with Gasteiger partial charge in [0.15, 0.2) is 0 Å². The van der Waals surface area contributed by atoms with Gasteiger partial charge in [-0.25, -0.2) is 4.98 Å². The molecule has 0 radical (unpaired) electrons. The summed E-state index contributed by atoms with van der Waals surface area (Å²) in [6.07, 6.45) is 3.72. The third kappa shape index (κ3) is 6.55. The maximum atomic E-state index is 13.6. The molecule has 4 heterocycles. The Kier molecular flexibility index (Phi) is 8.53. The van der Waals surface area contributed by atoms with E-state index in [1.165, 1.54) is 35.6 Å². The molecule has 4 aromatic rings. The minimum absolute atomic E-state index is 0.0353. The first kappa shape index (κ1) is 30.2. The monoisotopic (exact) mass is 626 g/mol. The van der Waals surface area contributed by atoms with Gasteiger partial charge in [0.05, 0.1) is 35.6 Å². The molecular weight excluding hydrogens is 599 g/mol. The molecule has 43 heavy (non-hydrogen) atoms. The Morgan fingerprint density at radius 1 is 1.14 bits per heavy atom. The number of hydrogen-bond donors (Lipinski definition) is 6. The topological polar surface area (TPSA) is 193 Å². The highest BCUT2D eigenvalue weighted by molar-refractivity contribution is 6.31. The van der Waals surface area contributed by atoms with E-state index in [9.17, 15) is 24.9 Å². The predicted molar refractivity (Wildman–Crippen MR) is 161 cm³/mol. The third-order valence-corrected chi connectivity index (χ3v) is 7.42. The Morgan fingerprint density at radius 2 is 1.93 bits per heavy atom. The van der Waals surface area contributed by atoms with Crippen LogP contribution in [0.5, 0.6) is 0 Å². The van der Waals surface area contributed by atoms with Crippen LogP contribution in [-0.4, -0.2) is 45.5 Å². The van der Waals surface area contributed by atoms with Gasteiger partial charge in [-0.3, -0.25) is 19.1 Å². The van der Waals surface area contributed by atoms with Crippen molar-refractivity contribution in [3.05, 3.63) is 87.4 Å². The number of aromatic nitrogens is 5. The summed E-state index contributed by atoms with van der Waals surface area (Å²) < 4.78 is 2.02. The third-order valence-electron chi connectivity index (χ3n) is 7.08. The first-order chi connectivity index (χ1) is 20.4. The molecule has 1 aromatic carbocycles. The molecule has 0 aliphatic carbocycles. The number of halogens is 2. The van der Waals surface area contributed by atoms with Crippen molar-refractivity contribution in [3.63, 3.8) is 0 Å². The quantitative estimate of drug-likeness (QED) is 0.141. The molecule has 5 rings (SSSR count). The van der Waals surface area contributed by atoms with Gasteiger partial charge in [-0.1, -0.05) is 36.5 Å². The van der Waals surface area contributed by atoms with Crippen LogP contribution in [0.2, 0.25) is 5.02 Å². The van der Waals surface area contributed by atoms with E-state index in [1.807, 2.05) is 0 Å². The lowest BCUT2D eigenvalue weighted by Gasteiger charge is -2.23. The molecule has 2 bridgehead atoms. The van der Waals surface area contributed by atoms with E-state index in [0.29, 0.717) is 51.5 Å². The summed E-state index contributed by atoms with van der Waals surface area (Å²) in [4.78, 5) is 35.5. The van der Waals surface area contributed by atoms with Gasteiger partial charge in [-0.15, -0.1) is 0 Å². The molecule has 1 aliphatic heterocycles. The number of nitrogens with two attached hydrogens (primary N) is 1. The molecular formula is C28H28Cl2N8O5. The summed E-state index contributed by atoms with van der Waals surface area (Å²) in [5.41, 5.74) is 7.60.